The maximum absolute atomic E-state index is 14.3. The number of aryl methyl sites for hydroxylation is 1. The number of fused-ring (bicyclic) bond motifs is 1. The normalized spacial score (nSPS) is 12.3. The van der Waals surface area contributed by atoms with E-state index in [0.717, 1.165) is 0 Å². The molecule has 2 heterocycles. The van der Waals surface area contributed by atoms with Crippen molar-refractivity contribution in [3.63, 3.8) is 0 Å². The van der Waals surface area contributed by atoms with Crippen LogP contribution in [-0.4, -0.2) is 82.7 Å². The summed E-state index contributed by atoms with van der Waals surface area (Å²) in [5.41, 5.74) is 0.244. The third kappa shape index (κ3) is 9.13. The van der Waals surface area contributed by atoms with E-state index in [4.69, 9.17) is 9.47 Å². The van der Waals surface area contributed by atoms with E-state index in [2.05, 4.69) is 0 Å². The third-order valence-electron chi connectivity index (χ3n) is 6.76. The van der Waals surface area contributed by atoms with Crippen molar-refractivity contribution in [2.24, 2.45) is 0 Å². The number of nitrogens with zero attached hydrogens (tertiary/aromatic N) is 4. The Morgan fingerprint density at radius 2 is 1.73 bits per heavy atom. The van der Waals surface area contributed by atoms with Crippen molar-refractivity contribution in [1.29, 1.82) is 0 Å². The van der Waals surface area contributed by atoms with Crippen molar-refractivity contribution in [2.75, 3.05) is 28.2 Å². The molecular formula is C33H41FN4O7. The van der Waals surface area contributed by atoms with Crippen molar-refractivity contribution in [3.8, 4) is 0 Å². The van der Waals surface area contributed by atoms with Crippen LogP contribution >= 0.6 is 0 Å². The van der Waals surface area contributed by atoms with Gasteiger partial charge in [0.15, 0.2) is 11.9 Å². The smallest absolute Gasteiger partial charge is 0.419 e. The van der Waals surface area contributed by atoms with Gasteiger partial charge < -0.3 is 23.8 Å². The Labute approximate surface area is 261 Å². The van der Waals surface area contributed by atoms with Gasteiger partial charge in [0.2, 0.25) is 5.91 Å². The molecule has 0 unspecified atom stereocenters. The van der Waals surface area contributed by atoms with Gasteiger partial charge >= 0.3 is 12.2 Å². The number of likely N-dealkylation sites (N-methyl/N-ethyl adjacent to an activating group) is 1. The van der Waals surface area contributed by atoms with Gasteiger partial charge in [-0.3, -0.25) is 14.4 Å². The van der Waals surface area contributed by atoms with Crippen LogP contribution in [-0.2, 0) is 32.0 Å². The number of ether oxygens (including phenoxy) is 2. The van der Waals surface area contributed by atoms with Crippen LogP contribution in [0.3, 0.4) is 0 Å². The lowest BCUT2D eigenvalue weighted by Crippen LogP contribution is -2.35. The van der Waals surface area contributed by atoms with Crippen molar-refractivity contribution in [2.45, 2.75) is 65.2 Å². The minimum atomic E-state index is -1.15. The van der Waals surface area contributed by atoms with Crippen LogP contribution in [0.25, 0.3) is 10.9 Å². The summed E-state index contributed by atoms with van der Waals surface area (Å²) < 4.78 is 28.0. The Morgan fingerprint density at radius 3 is 2.36 bits per heavy atom. The summed E-state index contributed by atoms with van der Waals surface area (Å²) in [6.07, 6.45) is 2.04. The first-order valence-corrected chi connectivity index (χ1v) is 14.5. The number of rotatable bonds is 10. The summed E-state index contributed by atoms with van der Waals surface area (Å²) in [5, 5.41) is 0.472. The van der Waals surface area contributed by atoms with Crippen molar-refractivity contribution in [3.05, 3.63) is 81.7 Å². The SMILES string of the molecule is Cc1cc(F)cc2cc(Cn3cccc(CC(=O)[C@H](CC/C=C/C(=O)N(C)C)OC(=O)N(C)C)c3=O)n(C(=O)OC(C)(C)C)c12. The summed E-state index contributed by atoms with van der Waals surface area (Å²) in [5.74, 6) is -1.17. The summed E-state index contributed by atoms with van der Waals surface area (Å²) in [6, 6.07) is 7.38. The second-order valence-corrected chi connectivity index (χ2v) is 12.2. The molecule has 2 aromatic heterocycles. The average molecular weight is 625 g/mol. The molecule has 3 rings (SSSR count). The summed E-state index contributed by atoms with van der Waals surface area (Å²) in [4.78, 5) is 67.0. The van der Waals surface area contributed by atoms with Gasteiger partial charge in [0.25, 0.3) is 5.56 Å². The molecule has 12 heteroatoms. The van der Waals surface area contributed by atoms with Crippen LogP contribution in [0.5, 0.6) is 0 Å². The third-order valence-corrected chi connectivity index (χ3v) is 6.76. The van der Waals surface area contributed by atoms with Gasteiger partial charge in [-0.2, -0.15) is 0 Å². The molecule has 3 aromatic rings. The van der Waals surface area contributed by atoms with Gasteiger partial charge in [-0.25, -0.2) is 18.5 Å². The van der Waals surface area contributed by atoms with Gasteiger partial charge in [-0.15, -0.1) is 0 Å². The molecule has 242 valence electrons. The molecule has 0 bridgehead atoms. The van der Waals surface area contributed by atoms with Crippen LogP contribution in [0.2, 0.25) is 0 Å². The standard InChI is InChI=1S/C33H41FN4O7/c1-21-16-24(34)17-23-18-25(38(29(21)23)32(43)45-33(2,3)4)20-37-15-11-12-22(30(37)41)19-26(39)27(44-31(42)36(7)8)13-9-10-14-28(40)35(5)6/h10-12,14-18,27H,9,13,19-20H2,1-8H3/b14-10+/t27-/m0/s1. The van der Waals surface area contributed by atoms with Gasteiger partial charge in [-0.1, -0.05) is 12.1 Å². The molecule has 1 atom stereocenters. The highest BCUT2D eigenvalue weighted by Crippen LogP contribution is 2.27. The number of amides is 2. The zero-order chi connectivity index (χ0) is 33.6. The van der Waals surface area contributed by atoms with Gasteiger partial charge in [-0.05, 0) is 76.4 Å². The lowest BCUT2D eigenvalue weighted by Gasteiger charge is -2.21. The minimum absolute atomic E-state index is 0.0699. The number of ketones is 1. The number of aromatic nitrogens is 2. The van der Waals surface area contributed by atoms with Gasteiger partial charge in [0, 0.05) is 51.8 Å². The predicted molar refractivity (Wildman–Crippen MR) is 168 cm³/mol. The number of halogens is 1. The highest BCUT2D eigenvalue weighted by atomic mass is 19.1. The molecule has 0 radical (unpaired) electrons. The van der Waals surface area contributed by atoms with Crippen LogP contribution in [0.15, 0.2) is 53.5 Å². The molecule has 2 amide bonds. The van der Waals surface area contributed by atoms with E-state index in [-0.39, 0.29) is 37.3 Å². The number of pyridine rings is 1. The van der Waals surface area contributed by atoms with Crippen molar-refractivity contribution in [1.82, 2.24) is 18.9 Å². The fourth-order valence-corrected chi connectivity index (χ4v) is 4.61. The maximum Gasteiger partial charge on any atom is 0.419 e. The number of carbonyl (C=O) groups excluding carboxylic acids is 4. The predicted octanol–water partition coefficient (Wildman–Crippen LogP) is 4.69. The first kappa shape index (κ1) is 34.7. The van der Waals surface area contributed by atoms with Crippen molar-refractivity contribution < 1.29 is 33.0 Å². The second kappa shape index (κ2) is 14.4. The van der Waals surface area contributed by atoms with E-state index in [1.54, 1.807) is 60.0 Å². The zero-order valence-corrected chi connectivity index (χ0v) is 27.0. The number of Topliss-reactive ketones (excluding diaryl/α,β-unsaturated/α-hetero) is 1. The Bertz CT molecular complexity index is 1680. The Hall–Kier alpha value is -4.74. The lowest BCUT2D eigenvalue weighted by molar-refractivity contribution is -0.127. The van der Waals surface area contributed by atoms with Gasteiger partial charge in [0.1, 0.15) is 11.4 Å². The van der Waals surface area contributed by atoms with E-state index in [0.29, 0.717) is 22.2 Å². The van der Waals surface area contributed by atoms with Gasteiger partial charge in [0.05, 0.1) is 17.8 Å². The van der Waals surface area contributed by atoms with Crippen LogP contribution < -0.4 is 5.56 Å². The molecule has 0 saturated carbocycles. The number of hydrogen-bond acceptors (Lipinski definition) is 7. The minimum Gasteiger partial charge on any atom is -0.443 e. The Kier molecular flexibility index (Phi) is 11.1. The largest absolute Gasteiger partial charge is 0.443 e. The molecule has 0 spiro atoms. The highest BCUT2D eigenvalue weighted by Gasteiger charge is 2.26. The molecule has 0 N–H and O–H groups in total. The van der Waals surface area contributed by atoms with Crippen LogP contribution in [0, 0.1) is 12.7 Å². The molecule has 0 aliphatic rings. The first-order valence-electron chi connectivity index (χ1n) is 14.5. The molecule has 45 heavy (non-hydrogen) atoms. The highest BCUT2D eigenvalue weighted by molar-refractivity contribution is 5.93. The topological polar surface area (TPSA) is 120 Å². The molecule has 0 fully saturated rings. The maximum atomic E-state index is 14.3. The Balaban J connectivity index is 1.92. The fourth-order valence-electron chi connectivity index (χ4n) is 4.61. The average Bonchev–Trinajstić information content (AvgIpc) is 3.29. The Morgan fingerprint density at radius 1 is 1.04 bits per heavy atom. The lowest BCUT2D eigenvalue weighted by atomic mass is 10.0. The quantitative estimate of drug-likeness (QED) is 0.300. The van der Waals surface area contributed by atoms with E-state index in [1.807, 2.05) is 0 Å². The van der Waals surface area contributed by atoms with Crippen LogP contribution in [0.4, 0.5) is 14.0 Å². The van der Waals surface area contributed by atoms with Crippen molar-refractivity contribution >= 4 is 34.8 Å². The summed E-state index contributed by atoms with van der Waals surface area (Å²) in [7, 11) is 6.20. The molecule has 0 aliphatic carbocycles. The summed E-state index contributed by atoms with van der Waals surface area (Å²) in [6.45, 7) is 6.81. The number of allylic oxidation sites excluding steroid dienone is 1. The van der Waals surface area contributed by atoms with E-state index >= 15 is 0 Å². The molecule has 0 saturated heterocycles. The molecular weight excluding hydrogens is 583 g/mol. The molecule has 0 aliphatic heterocycles. The molecule has 11 nitrogen and oxygen atoms in total. The zero-order valence-electron chi connectivity index (χ0n) is 27.0. The first-order chi connectivity index (χ1) is 21.0. The van der Waals surface area contributed by atoms with E-state index in [9.17, 15) is 28.4 Å². The number of hydrogen-bond donors (Lipinski definition) is 0. The van der Waals surface area contributed by atoms with E-state index in [1.165, 1.54) is 63.5 Å². The van der Waals surface area contributed by atoms with Crippen LogP contribution in [0.1, 0.15) is 50.4 Å². The number of benzene rings is 1. The summed E-state index contributed by atoms with van der Waals surface area (Å²) >= 11 is 0. The number of carbonyl (C=O) groups is 4. The fraction of sp³-hybridized carbons (Fsp3) is 0.424. The monoisotopic (exact) mass is 624 g/mol. The van der Waals surface area contributed by atoms with E-state index < -0.39 is 41.1 Å². The molecule has 1 aromatic carbocycles. The second-order valence-electron chi connectivity index (χ2n) is 12.2.